The number of rotatable bonds is 10. The fourth-order valence-electron chi connectivity index (χ4n) is 11.4. The lowest BCUT2D eigenvalue weighted by Crippen LogP contribution is -2.45. The van der Waals surface area contributed by atoms with Gasteiger partial charge in [-0.3, -0.25) is 18.3 Å². The average Bonchev–Trinajstić information content (AvgIpc) is 1.65. The molecule has 0 radical (unpaired) electrons. The van der Waals surface area contributed by atoms with E-state index in [-0.39, 0.29) is 23.4 Å². The van der Waals surface area contributed by atoms with Gasteiger partial charge >= 0.3 is 28.4 Å². The highest BCUT2D eigenvalue weighted by Gasteiger charge is 2.62. The van der Waals surface area contributed by atoms with Gasteiger partial charge < -0.3 is 103 Å². The van der Waals surface area contributed by atoms with Gasteiger partial charge in [0, 0.05) is 11.9 Å². The molecule has 5 aliphatic rings. The summed E-state index contributed by atoms with van der Waals surface area (Å²) in [6.07, 6.45) is -21.3. The molecule has 0 aromatic carbocycles. The molecular formula is C64H74Cl5F6N17O20. The van der Waals surface area contributed by atoms with Crippen molar-refractivity contribution in [3.8, 4) is 59.2 Å². The summed E-state index contributed by atoms with van der Waals surface area (Å²) in [6, 6.07) is 2.76. The van der Waals surface area contributed by atoms with Crippen LogP contribution in [0, 0.1) is 71.9 Å². The molecule has 37 nitrogen and oxygen atoms in total. The van der Waals surface area contributed by atoms with E-state index in [1.165, 1.54) is 52.9 Å². The van der Waals surface area contributed by atoms with Crippen LogP contribution in [-0.2, 0) is 23.7 Å². The smallest absolute Gasteiger partial charge is 0.368 e. The minimum absolute atomic E-state index is 0.00175. The number of hydrogen-bond donors (Lipinski definition) is 15. The van der Waals surface area contributed by atoms with Crippen LogP contribution in [0.15, 0.2) is 61.0 Å². The molecule has 5 aromatic heterocycles. The van der Waals surface area contributed by atoms with Crippen LogP contribution >= 0.6 is 58.0 Å². The van der Waals surface area contributed by atoms with Crippen molar-refractivity contribution in [1.82, 2.24) is 58.0 Å². The van der Waals surface area contributed by atoms with Crippen LogP contribution < -0.4 is 57.1 Å². The van der Waals surface area contributed by atoms with Crippen molar-refractivity contribution in [2.24, 2.45) is 0 Å². The predicted octanol–water partition coefficient (Wildman–Crippen LogP) is -3.69. The maximum absolute atomic E-state index is 13.6. The summed E-state index contributed by atoms with van der Waals surface area (Å²) in [7, 11) is 0. The third kappa shape index (κ3) is 19.8. The van der Waals surface area contributed by atoms with Gasteiger partial charge in [0.05, 0.1) is 42.9 Å². The second-order valence-corrected chi connectivity index (χ2v) is 27.8. The van der Waals surface area contributed by atoms with Gasteiger partial charge in [0.15, 0.2) is 67.1 Å². The van der Waals surface area contributed by atoms with Crippen molar-refractivity contribution in [3.63, 3.8) is 0 Å². The maximum Gasteiger partial charge on any atom is 0.368 e. The van der Waals surface area contributed by atoms with E-state index in [4.69, 9.17) is 110 Å². The quantitative estimate of drug-likeness (QED) is 0.0364. The standard InChI is InChI=1S/C14H17ClFN3O4.C13H14ClF2N3O4.C13H15ClFN3O4.2C12H14ClFN4O4/c1-7-6-9(17)18-13(22)19(7)12-14(15,4-3-5-16)11(21)10(23-12)8(2)20;1-6(20)8-9(21)13(14,3-2-4-15)11(23-8)19-5-7(16)10(17)18-12(19)22;1-7(19)9-10(20)13(14,4-2-5-15)11(22-9)18-6-3-8(16)17-12(18)21;1-6(19)7-8(20)12(13,3-2-4-14)9(22-7)18-5-16-10(15)17-11(18)21;1-6(19)8-9(20)12(13,3-2-4-14)10(22-8)18-11(21)17-7(15)5-16-18/h6,8,10-12,20-21H,5H2,1-2H3,(H2,17,18,22);5-6,8-9,11,20-21H,4H2,1H3,(H2,17,18,22);3,6-7,9-11,19-20H,5H2,1H3,(H2,16,17,21);5-9,19-20H,4H2,1H3,(H2,15,17,21);5-6,8-10,19-20H,4H2,1H3,(H2,15,17,21)/t8-,10-,11+,12-,14?;6-,8-,9+,11-,13?;7-,9-,10+,11-,13?;6-,7-,8+,9-,12?;6-,8-,9+,10-,12?/m11111/s1. The van der Waals surface area contributed by atoms with Crippen molar-refractivity contribution in [2.75, 3.05) is 62.0 Å². The monoisotopic (exact) mass is 1690 g/mol. The lowest BCUT2D eigenvalue weighted by atomic mass is 9.96. The first-order valence-corrected chi connectivity index (χ1v) is 34.2. The topological polar surface area (TPSA) is 579 Å². The number of halogens is 11. The molecule has 10 rings (SSSR count). The van der Waals surface area contributed by atoms with Crippen LogP contribution in [0.5, 0.6) is 0 Å². The zero-order chi connectivity index (χ0) is 84.2. The summed E-state index contributed by atoms with van der Waals surface area (Å²) < 4.78 is 107. The lowest BCUT2D eigenvalue weighted by molar-refractivity contribution is -0.0809. The molecule has 5 unspecified atom stereocenters. The molecule has 112 heavy (non-hydrogen) atoms. The Morgan fingerprint density at radius 1 is 0.464 bits per heavy atom. The second kappa shape index (κ2) is 38.5. The normalized spacial score (nSPS) is 32.0. The van der Waals surface area contributed by atoms with Gasteiger partial charge in [-0.05, 0) is 53.7 Å². The first-order valence-electron chi connectivity index (χ1n) is 32.4. The Kier molecular flexibility index (Phi) is 31.8. The summed E-state index contributed by atoms with van der Waals surface area (Å²) in [5.41, 5.74) is 22.9. The molecule has 5 aromatic rings. The average molecular weight is 1690 g/mol. The van der Waals surface area contributed by atoms with E-state index >= 15 is 0 Å². The van der Waals surface area contributed by atoms with Gasteiger partial charge in [-0.2, -0.15) is 34.7 Å². The third-order valence-corrected chi connectivity index (χ3v) is 19.2. The number of aromatic nitrogens is 12. The number of anilines is 5. The number of hydrogen-bond acceptors (Lipinski definition) is 32. The van der Waals surface area contributed by atoms with Gasteiger partial charge in [-0.25, -0.2) is 55.3 Å². The minimum Gasteiger partial charge on any atom is -0.391 e. The van der Waals surface area contributed by atoms with Crippen LogP contribution in [0.4, 0.5) is 55.6 Å². The van der Waals surface area contributed by atoms with Gasteiger partial charge in [0.25, 0.3) is 0 Å². The van der Waals surface area contributed by atoms with Crippen LogP contribution in [0.1, 0.15) is 71.5 Å². The Bertz CT molecular complexity index is 4540. The molecule has 0 spiro atoms. The Balaban J connectivity index is 0.000000218. The largest absolute Gasteiger partial charge is 0.391 e. The molecule has 0 amide bonds. The molecule has 0 bridgehead atoms. The van der Waals surface area contributed by atoms with E-state index < -0.39 is 221 Å². The molecule has 48 heteroatoms. The Labute approximate surface area is 654 Å². The fraction of sp³-hybridized carbons (Fsp3) is 0.562. The minimum atomic E-state index is -1.98. The molecular weight excluding hydrogens is 1620 g/mol. The maximum atomic E-state index is 13.6. The Hall–Kier alpha value is -8.51. The highest BCUT2D eigenvalue weighted by atomic mass is 35.5. The van der Waals surface area contributed by atoms with E-state index in [1.54, 1.807) is 6.92 Å². The number of nitrogens with two attached hydrogens (primary N) is 5. The number of aliphatic hydroxyl groups excluding tert-OH is 10. The molecule has 5 saturated heterocycles. The number of alkyl halides is 10. The molecule has 612 valence electrons. The molecule has 0 aliphatic carbocycles. The van der Waals surface area contributed by atoms with Crippen LogP contribution in [-0.4, -0.2) is 258 Å². The van der Waals surface area contributed by atoms with Crippen molar-refractivity contribution in [2.45, 2.75) is 189 Å². The van der Waals surface area contributed by atoms with Crippen LogP contribution in [0.25, 0.3) is 0 Å². The van der Waals surface area contributed by atoms with Gasteiger partial charge in [0.2, 0.25) is 5.95 Å². The Morgan fingerprint density at radius 3 is 1.16 bits per heavy atom. The van der Waals surface area contributed by atoms with E-state index in [2.05, 4.69) is 88.3 Å². The highest BCUT2D eigenvalue weighted by molar-refractivity contribution is 6.28. The fourth-order valence-corrected chi connectivity index (χ4v) is 13.1. The summed E-state index contributed by atoms with van der Waals surface area (Å²) in [4.78, 5) is 71.4. The summed E-state index contributed by atoms with van der Waals surface area (Å²) in [5, 5.41) is 104. The van der Waals surface area contributed by atoms with Crippen molar-refractivity contribution >= 4 is 87.2 Å². The summed E-state index contributed by atoms with van der Waals surface area (Å²) in [5.74, 6) is 20.2. The van der Waals surface area contributed by atoms with Gasteiger partial charge in [0.1, 0.15) is 118 Å². The molecule has 25 atom stereocenters. The molecule has 5 fully saturated rings. The van der Waals surface area contributed by atoms with E-state index in [1.807, 2.05) is 5.92 Å². The highest BCUT2D eigenvalue weighted by Crippen LogP contribution is 2.48. The number of aryl methyl sites for hydroxylation is 1. The number of aliphatic hydroxyl groups is 10. The van der Waals surface area contributed by atoms with E-state index in [0.717, 1.165) is 30.9 Å². The predicted molar refractivity (Wildman–Crippen MR) is 384 cm³/mol. The zero-order valence-corrected chi connectivity index (χ0v) is 62.8. The van der Waals surface area contributed by atoms with Gasteiger partial charge in [-0.15, -0.1) is 0 Å². The number of nitrogen functional groups attached to an aromatic ring is 5. The van der Waals surface area contributed by atoms with Crippen molar-refractivity contribution in [1.29, 1.82) is 0 Å². The lowest BCUT2D eigenvalue weighted by Gasteiger charge is -2.27. The van der Waals surface area contributed by atoms with Crippen molar-refractivity contribution < 1.29 is 101 Å². The van der Waals surface area contributed by atoms with Gasteiger partial charge in [-0.1, -0.05) is 117 Å². The summed E-state index contributed by atoms with van der Waals surface area (Å²) in [6.45, 7) is 3.39. The number of ether oxygens (including phenoxy) is 5. The zero-order valence-electron chi connectivity index (χ0n) is 59.0. The summed E-state index contributed by atoms with van der Waals surface area (Å²) >= 11 is 31.5. The van der Waals surface area contributed by atoms with E-state index in [9.17, 15) is 101 Å². The van der Waals surface area contributed by atoms with E-state index in [0.29, 0.717) is 16.5 Å². The Morgan fingerprint density at radius 2 is 0.795 bits per heavy atom. The SMILES string of the molecule is C[C@@H](O)[C@H]1O[C@@H](n2cc(F)c(N)nc2=O)C(Cl)(C#CCF)[C@H]1O.C[C@@H](O)[C@H]1O[C@@H](n2ccc(N)nc2=O)C(Cl)(C#CCF)[C@H]1O.C[C@@H](O)[C@H]1O[C@@H](n2cnc(N)nc2=O)C(Cl)(C#CCF)[C@H]1O.C[C@@H](O)[C@H]1O[C@@H](n2ncc(N)nc2=O)C(Cl)(C#CCF)[C@H]1O.Cc1cc(N)nc(=O)n1[C@@H]1O[C@H]([C@@H](C)O)[C@H](O)C1(Cl)C#CCF. The first kappa shape index (κ1) is 92.4. The molecule has 5 aliphatic heterocycles. The first-order chi connectivity index (χ1) is 52.4. The molecule has 0 saturated carbocycles. The second-order valence-electron chi connectivity index (χ2n) is 24.7. The van der Waals surface area contributed by atoms with Crippen LogP contribution in [0.3, 0.4) is 0 Å². The molecule has 20 N–H and O–H groups in total. The number of nitrogens with zero attached hydrogens (tertiary/aromatic N) is 12. The third-order valence-electron chi connectivity index (χ3n) is 16.7. The molecule has 10 heterocycles. The van der Waals surface area contributed by atoms with Crippen LogP contribution in [0.2, 0.25) is 0 Å². The van der Waals surface area contributed by atoms with Crippen molar-refractivity contribution in [3.05, 3.63) is 101 Å².